The number of nitrogens with one attached hydrogen (secondary N) is 1. The van der Waals surface area contributed by atoms with E-state index >= 15 is 0 Å². The van der Waals surface area contributed by atoms with Crippen LogP contribution in [-0.4, -0.2) is 62.0 Å². The Kier molecular flexibility index (Phi) is 7.28. The molecule has 2 N–H and O–H groups in total. The summed E-state index contributed by atoms with van der Waals surface area (Å²) in [6.45, 7) is 4.87. The Hall–Kier alpha value is -4.21. The van der Waals surface area contributed by atoms with E-state index in [1.807, 2.05) is 0 Å². The molecule has 1 aromatic heterocycles. The lowest BCUT2D eigenvalue weighted by atomic mass is 10.1. The molecule has 2 aromatic carbocycles. The van der Waals surface area contributed by atoms with Crippen molar-refractivity contribution < 1.29 is 28.6 Å². The van der Waals surface area contributed by atoms with E-state index < -0.39 is 29.6 Å². The molecular formula is C27H29FN4O5. The Morgan fingerprint density at radius 2 is 1.84 bits per heavy atom. The van der Waals surface area contributed by atoms with Gasteiger partial charge in [0.2, 0.25) is 0 Å². The predicted molar refractivity (Wildman–Crippen MR) is 133 cm³/mol. The highest BCUT2D eigenvalue weighted by Crippen LogP contribution is 2.45. The number of ether oxygens (including phenoxy) is 1. The molecule has 1 fully saturated rings. The lowest BCUT2D eigenvalue weighted by Crippen LogP contribution is -2.51. The number of hydrogen-bond acceptors (Lipinski definition) is 5. The summed E-state index contributed by atoms with van der Waals surface area (Å²) in [7, 11) is 0. The van der Waals surface area contributed by atoms with E-state index in [4.69, 9.17) is 4.74 Å². The van der Waals surface area contributed by atoms with Gasteiger partial charge < -0.3 is 20.1 Å². The summed E-state index contributed by atoms with van der Waals surface area (Å²) in [5, 5.41) is 16.5. The second-order valence-corrected chi connectivity index (χ2v) is 9.96. The van der Waals surface area contributed by atoms with Crippen LogP contribution in [0.25, 0.3) is 5.69 Å². The minimum Gasteiger partial charge on any atom is -0.480 e. The summed E-state index contributed by atoms with van der Waals surface area (Å²) in [6, 6.07) is 12.6. The summed E-state index contributed by atoms with van der Waals surface area (Å²) >= 11 is 0. The molecule has 0 bridgehead atoms. The minimum absolute atomic E-state index is 0.0897. The number of rotatable bonds is 8. The Bertz CT molecular complexity index is 1250. The van der Waals surface area contributed by atoms with Gasteiger partial charge in [0.05, 0.1) is 12.2 Å². The number of amides is 2. The predicted octanol–water partition coefficient (Wildman–Crippen LogP) is 3.99. The first-order chi connectivity index (χ1) is 17.5. The van der Waals surface area contributed by atoms with Gasteiger partial charge in [0.25, 0.3) is 5.91 Å². The van der Waals surface area contributed by atoms with Crippen molar-refractivity contribution >= 4 is 18.0 Å². The lowest BCUT2D eigenvalue weighted by Gasteiger charge is -2.30. The average molecular weight is 509 g/mol. The molecule has 194 valence electrons. The van der Waals surface area contributed by atoms with E-state index in [1.54, 1.807) is 80.3 Å². The highest BCUT2D eigenvalue weighted by molar-refractivity contribution is 5.96. The fourth-order valence-corrected chi connectivity index (χ4v) is 4.07. The van der Waals surface area contributed by atoms with Gasteiger partial charge in [0.15, 0.2) is 0 Å². The molecule has 0 saturated heterocycles. The quantitative estimate of drug-likeness (QED) is 0.476. The third-order valence-electron chi connectivity index (χ3n) is 5.96. The van der Waals surface area contributed by atoms with Crippen molar-refractivity contribution in [2.45, 2.75) is 50.8 Å². The van der Waals surface area contributed by atoms with Crippen LogP contribution in [0.5, 0.6) is 0 Å². The van der Waals surface area contributed by atoms with Crippen LogP contribution in [0.2, 0.25) is 0 Å². The number of carboxylic acid groups (broad SMARTS) is 1. The van der Waals surface area contributed by atoms with Crippen LogP contribution in [0, 0.1) is 5.82 Å². The summed E-state index contributed by atoms with van der Waals surface area (Å²) in [6.07, 6.45) is 3.29. The van der Waals surface area contributed by atoms with Gasteiger partial charge in [-0.1, -0.05) is 12.1 Å². The number of hydrogen-bond donors (Lipinski definition) is 2. The molecule has 9 nitrogen and oxygen atoms in total. The number of carbonyl (C=O) groups excluding carboxylic acids is 2. The zero-order valence-corrected chi connectivity index (χ0v) is 20.8. The van der Waals surface area contributed by atoms with Crippen molar-refractivity contribution in [2.24, 2.45) is 0 Å². The third-order valence-corrected chi connectivity index (χ3v) is 5.96. The van der Waals surface area contributed by atoms with Gasteiger partial charge in [0.1, 0.15) is 17.5 Å². The van der Waals surface area contributed by atoms with Gasteiger partial charge in [0, 0.05) is 29.9 Å². The van der Waals surface area contributed by atoms with Crippen LogP contribution in [0.15, 0.2) is 67.0 Å². The number of aromatic nitrogens is 2. The lowest BCUT2D eigenvalue weighted by molar-refractivity contribution is -0.139. The SMILES string of the molecule is CC(C)(C)OC(=O)N(CC(NC(=O)c1ccc(-n2cccn2)cc1)C(=O)O)[C@@H]1C[C@H]1c1ccc(F)cc1. The maximum atomic E-state index is 13.4. The van der Waals surface area contributed by atoms with Gasteiger partial charge >= 0.3 is 12.1 Å². The molecule has 37 heavy (non-hydrogen) atoms. The molecule has 2 amide bonds. The Balaban J connectivity index is 1.49. The van der Waals surface area contributed by atoms with E-state index in [0.717, 1.165) is 11.3 Å². The van der Waals surface area contributed by atoms with Crippen LogP contribution in [0.1, 0.15) is 49.0 Å². The molecule has 4 rings (SSSR count). The first-order valence-corrected chi connectivity index (χ1v) is 11.9. The molecule has 0 radical (unpaired) electrons. The molecule has 1 aliphatic carbocycles. The van der Waals surface area contributed by atoms with Crippen LogP contribution >= 0.6 is 0 Å². The first kappa shape index (κ1) is 25.9. The van der Waals surface area contributed by atoms with Gasteiger partial charge in [-0.05, 0) is 75.2 Å². The molecule has 0 spiro atoms. The number of aliphatic carboxylic acids is 1. The fourth-order valence-electron chi connectivity index (χ4n) is 4.07. The molecule has 1 heterocycles. The molecule has 1 aliphatic rings. The van der Waals surface area contributed by atoms with E-state index in [0.29, 0.717) is 6.42 Å². The summed E-state index contributed by atoms with van der Waals surface area (Å²) in [5.41, 5.74) is 1.05. The minimum atomic E-state index is -1.37. The first-order valence-electron chi connectivity index (χ1n) is 11.9. The highest BCUT2D eigenvalue weighted by Gasteiger charge is 2.47. The Labute approximate surface area is 213 Å². The van der Waals surface area contributed by atoms with Crippen LogP contribution in [-0.2, 0) is 9.53 Å². The largest absolute Gasteiger partial charge is 0.480 e. The summed E-state index contributed by atoms with van der Waals surface area (Å²) in [4.78, 5) is 39.4. The van der Waals surface area contributed by atoms with Crippen molar-refractivity contribution in [1.29, 1.82) is 0 Å². The number of carbonyl (C=O) groups is 3. The summed E-state index contributed by atoms with van der Waals surface area (Å²) in [5.74, 6) is -2.33. The van der Waals surface area contributed by atoms with Crippen molar-refractivity contribution in [3.63, 3.8) is 0 Å². The van der Waals surface area contributed by atoms with E-state index in [1.165, 1.54) is 17.0 Å². The summed E-state index contributed by atoms with van der Waals surface area (Å²) < 4.78 is 20.5. The average Bonchev–Trinajstić information content (AvgIpc) is 3.42. The van der Waals surface area contributed by atoms with Gasteiger partial charge in [-0.2, -0.15) is 5.10 Å². The van der Waals surface area contributed by atoms with Crippen LogP contribution in [0.4, 0.5) is 9.18 Å². The van der Waals surface area contributed by atoms with E-state index in [-0.39, 0.29) is 29.9 Å². The zero-order valence-electron chi connectivity index (χ0n) is 20.8. The van der Waals surface area contributed by atoms with Gasteiger partial charge in [-0.25, -0.2) is 18.7 Å². The monoisotopic (exact) mass is 508 g/mol. The van der Waals surface area contributed by atoms with Crippen molar-refractivity contribution in [3.8, 4) is 5.69 Å². The normalized spacial score (nSPS) is 17.5. The van der Waals surface area contributed by atoms with E-state index in [9.17, 15) is 23.9 Å². The number of halogens is 1. The molecule has 10 heteroatoms. The molecule has 0 aliphatic heterocycles. The van der Waals surface area contributed by atoms with Gasteiger partial charge in [-0.3, -0.25) is 4.79 Å². The molecule has 3 aromatic rings. The van der Waals surface area contributed by atoms with Crippen molar-refractivity contribution in [1.82, 2.24) is 20.0 Å². The molecule has 3 atom stereocenters. The highest BCUT2D eigenvalue weighted by atomic mass is 19.1. The van der Waals surface area contributed by atoms with Crippen molar-refractivity contribution in [2.75, 3.05) is 6.54 Å². The number of nitrogens with zero attached hydrogens (tertiary/aromatic N) is 3. The van der Waals surface area contributed by atoms with Crippen LogP contribution in [0.3, 0.4) is 0 Å². The van der Waals surface area contributed by atoms with Crippen LogP contribution < -0.4 is 5.32 Å². The molecule has 1 unspecified atom stereocenters. The van der Waals surface area contributed by atoms with E-state index in [2.05, 4.69) is 10.4 Å². The second-order valence-electron chi connectivity index (χ2n) is 9.96. The fraction of sp³-hybridized carbons (Fsp3) is 0.333. The Morgan fingerprint density at radius 1 is 1.16 bits per heavy atom. The third kappa shape index (κ3) is 6.52. The molecular weight excluding hydrogens is 479 g/mol. The zero-order chi connectivity index (χ0) is 26.7. The standard InChI is InChI=1S/C27H29FN4O5/c1-27(2,3)37-26(36)31(23-15-21(23)17-5-9-19(28)10-6-17)16-22(25(34)35)30-24(33)18-7-11-20(12-8-18)32-14-4-13-29-32/h4-14,21-23H,15-16H2,1-3H3,(H,30,33)(H,34,35)/t21-,22?,23+/m0/s1. The molecule has 1 saturated carbocycles. The topological polar surface area (TPSA) is 114 Å². The van der Waals surface area contributed by atoms with Gasteiger partial charge in [-0.15, -0.1) is 0 Å². The number of benzene rings is 2. The Morgan fingerprint density at radius 3 is 2.41 bits per heavy atom. The maximum Gasteiger partial charge on any atom is 0.410 e. The number of carboxylic acids is 1. The second kappa shape index (κ2) is 10.4. The van der Waals surface area contributed by atoms with Crippen molar-refractivity contribution in [3.05, 3.63) is 83.9 Å². The smallest absolute Gasteiger partial charge is 0.410 e. The maximum absolute atomic E-state index is 13.4.